The van der Waals surface area contributed by atoms with Crippen molar-refractivity contribution in [1.82, 2.24) is 5.32 Å². The number of thioether (sulfide) groups is 1. The van der Waals surface area contributed by atoms with Crippen molar-refractivity contribution >= 4 is 11.8 Å². The highest BCUT2D eigenvalue weighted by atomic mass is 32.2. The van der Waals surface area contributed by atoms with Crippen LogP contribution in [-0.2, 0) is 6.54 Å². The van der Waals surface area contributed by atoms with Crippen LogP contribution < -0.4 is 5.32 Å². The zero-order valence-electron chi connectivity index (χ0n) is 10.1. The predicted octanol–water partition coefficient (Wildman–Crippen LogP) is 3.83. The first-order valence-corrected chi connectivity index (χ1v) is 6.88. The van der Waals surface area contributed by atoms with Crippen LogP contribution in [0, 0.1) is 5.82 Å². The van der Waals surface area contributed by atoms with Gasteiger partial charge in [0.05, 0.1) is 0 Å². The molecular weight excluding hydrogens is 221 g/mol. The van der Waals surface area contributed by atoms with E-state index in [1.807, 2.05) is 17.8 Å². The fourth-order valence-electron chi connectivity index (χ4n) is 1.41. The molecule has 0 aliphatic carbocycles. The van der Waals surface area contributed by atoms with Crippen LogP contribution in [0.3, 0.4) is 0 Å². The Morgan fingerprint density at radius 2 is 2.12 bits per heavy atom. The van der Waals surface area contributed by atoms with E-state index in [0.29, 0.717) is 0 Å². The summed E-state index contributed by atoms with van der Waals surface area (Å²) in [5, 5.41) is 3.24. The van der Waals surface area contributed by atoms with E-state index < -0.39 is 0 Å². The fourth-order valence-corrected chi connectivity index (χ4v) is 2.55. The molecule has 0 aliphatic rings. The van der Waals surface area contributed by atoms with Crippen LogP contribution in [0.4, 0.5) is 4.39 Å². The summed E-state index contributed by atoms with van der Waals surface area (Å²) in [5.41, 5.74) is 1.07. The highest BCUT2D eigenvalue weighted by Gasteiger charge is 2.04. The molecule has 0 aliphatic heterocycles. The van der Waals surface area contributed by atoms with E-state index >= 15 is 0 Å². The maximum Gasteiger partial charge on any atom is 0.123 e. The molecule has 90 valence electrons. The van der Waals surface area contributed by atoms with Gasteiger partial charge in [-0.05, 0) is 42.5 Å². The Kier molecular flexibility index (Phi) is 6.50. The van der Waals surface area contributed by atoms with Gasteiger partial charge in [-0.1, -0.05) is 20.3 Å². The molecule has 0 fully saturated rings. The Balaban J connectivity index is 2.64. The van der Waals surface area contributed by atoms with Crippen molar-refractivity contribution in [2.24, 2.45) is 0 Å². The van der Waals surface area contributed by atoms with Gasteiger partial charge in [0.25, 0.3) is 0 Å². The normalized spacial score (nSPS) is 10.7. The number of unbranched alkanes of at least 4 members (excludes halogenated alkanes) is 1. The third kappa shape index (κ3) is 4.54. The highest BCUT2D eigenvalue weighted by molar-refractivity contribution is 7.99. The maximum absolute atomic E-state index is 13.1. The van der Waals surface area contributed by atoms with Crippen LogP contribution in [0.25, 0.3) is 0 Å². The van der Waals surface area contributed by atoms with Gasteiger partial charge in [-0.25, -0.2) is 4.39 Å². The molecule has 0 heterocycles. The van der Waals surface area contributed by atoms with Crippen molar-refractivity contribution in [1.29, 1.82) is 0 Å². The van der Waals surface area contributed by atoms with E-state index in [-0.39, 0.29) is 5.82 Å². The van der Waals surface area contributed by atoms with Gasteiger partial charge in [0.2, 0.25) is 0 Å². The first kappa shape index (κ1) is 13.5. The molecule has 0 amide bonds. The van der Waals surface area contributed by atoms with E-state index in [1.165, 1.54) is 17.7 Å². The largest absolute Gasteiger partial charge is 0.313 e. The second kappa shape index (κ2) is 7.69. The molecule has 0 bridgehead atoms. The zero-order valence-corrected chi connectivity index (χ0v) is 10.9. The molecule has 1 aromatic carbocycles. The molecule has 1 rings (SSSR count). The summed E-state index contributed by atoms with van der Waals surface area (Å²) < 4.78 is 13.1. The average Bonchev–Trinajstić information content (AvgIpc) is 2.29. The van der Waals surface area contributed by atoms with Crippen LogP contribution in [0.15, 0.2) is 23.1 Å². The van der Waals surface area contributed by atoms with Crippen molar-refractivity contribution in [2.45, 2.75) is 38.1 Å². The molecule has 1 aromatic rings. The van der Waals surface area contributed by atoms with Gasteiger partial charge >= 0.3 is 0 Å². The van der Waals surface area contributed by atoms with Gasteiger partial charge in [0, 0.05) is 11.4 Å². The minimum Gasteiger partial charge on any atom is -0.313 e. The quantitative estimate of drug-likeness (QED) is 0.575. The van der Waals surface area contributed by atoms with Gasteiger partial charge in [-0.2, -0.15) is 0 Å². The lowest BCUT2D eigenvalue weighted by Crippen LogP contribution is -2.12. The lowest BCUT2D eigenvalue weighted by atomic mass is 10.2. The summed E-state index contributed by atoms with van der Waals surface area (Å²) in [6, 6.07) is 5.07. The van der Waals surface area contributed by atoms with E-state index in [9.17, 15) is 4.39 Å². The molecule has 0 atom stereocenters. The second-order valence-corrected chi connectivity index (χ2v) is 4.87. The fraction of sp³-hybridized carbons (Fsp3) is 0.538. The van der Waals surface area contributed by atoms with Crippen LogP contribution in [0.1, 0.15) is 32.3 Å². The van der Waals surface area contributed by atoms with Crippen molar-refractivity contribution < 1.29 is 4.39 Å². The summed E-state index contributed by atoms with van der Waals surface area (Å²) in [6.45, 7) is 5.91. The summed E-state index contributed by atoms with van der Waals surface area (Å²) in [7, 11) is 0. The maximum atomic E-state index is 13.1. The average molecular weight is 241 g/mol. The van der Waals surface area contributed by atoms with Crippen LogP contribution in [-0.4, -0.2) is 12.3 Å². The first-order valence-electron chi connectivity index (χ1n) is 5.89. The Bertz CT molecular complexity index is 315. The lowest BCUT2D eigenvalue weighted by Gasteiger charge is -2.09. The number of hydrogen-bond donors (Lipinski definition) is 1. The molecule has 0 aromatic heterocycles. The Hall–Kier alpha value is -0.540. The number of hydrogen-bond acceptors (Lipinski definition) is 2. The molecule has 1 nitrogen and oxygen atoms in total. The summed E-state index contributed by atoms with van der Waals surface area (Å²) in [5.74, 6) is 0.967. The third-order valence-corrected chi connectivity index (χ3v) is 3.55. The molecular formula is C13H20FNS. The van der Waals surface area contributed by atoms with Crippen molar-refractivity contribution in [3.8, 4) is 0 Å². The van der Waals surface area contributed by atoms with E-state index in [1.54, 1.807) is 12.1 Å². The molecule has 1 N–H and O–H groups in total. The smallest absolute Gasteiger partial charge is 0.123 e. The van der Waals surface area contributed by atoms with E-state index in [2.05, 4.69) is 19.2 Å². The SMILES string of the molecule is CCCCSc1ccc(F)cc1CNCC. The van der Waals surface area contributed by atoms with Crippen LogP contribution in [0.2, 0.25) is 0 Å². The molecule has 0 spiro atoms. The first-order chi connectivity index (χ1) is 7.77. The monoisotopic (exact) mass is 241 g/mol. The lowest BCUT2D eigenvalue weighted by molar-refractivity contribution is 0.619. The van der Waals surface area contributed by atoms with E-state index in [4.69, 9.17) is 0 Å². The molecule has 0 unspecified atom stereocenters. The molecule has 3 heteroatoms. The molecule has 0 saturated heterocycles. The minimum absolute atomic E-state index is 0.146. The topological polar surface area (TPSA) is 12.0 Å². The third-order valence-electron chi connectivity index (χ3n) is 2.34. The summed E-state index contributed by atoms with van der Waals surface area (Å²) in [6.07, 6.45) is 2.42. The standard InChI is InChI=1S/C13H20FNS/c1-3-5-8-16-13-7-6-12(14)9-11(13)10-15-4-2/h6-7,9,15H,3-5,8,10H2,1-2H3. The second-order valence-electron chi connectivity index (χ2n) is 3.73. The Morgan fingerprint density at radius 1 is 1.31 bits per heavy atom. The van der Waals surface area contributed by atoms with Crippen molar-refractivity contribution in [3.63, 3.8) is 0 Å². The summed E-state index contributed by atoms with van der Waals surface area (Å²) in [4.78, 5) is 1.20. The highest BCUT2D eigenvalue weighted by Crippen LogP contribution is 2.24. The molecule has 0 saturated carbocycles. The summed E-state index contributed by atoms with van der Waals surface area (Å²) >= 11 is 1.82. The number of rotatable bonds is 7. The predicted molar refractivity (Wildman–Crippen MR) is 69.4 cm³/mol. The van der Waals surface area contributed by atoms with Crippen molar-refractivity contribution in [3.05, 3.63) is 29.6 Å². The number of halogens is 1. The Morgan fingerprint density at radius 3 is 2.81 bits per heavy atom. The van der Waals surface area contributed by atoms with Gasteiger partial charge in [0.1, 0.15) is 5.82 Å². The number of nitrogens with one attached hydrogen (secondary N) is 1. The zero-order chi connectivity index (χ0) is 11.8. The molecule has 0 radical (unpaired) electrons. The number of benzene rings is 1. The van der Waals surface area contributed by atoms with Crippen LogP contribution in [0.5, 0.6) is 0 Å². The van der Waals surface area contributed by atoms with Gasteiger partial charge in [-0.15, -0.1) is 11.8 Å². The van der Waals surface area contributed by atoms with Gasteiger partial charge in [0.15, 0.2) is 0 Å². The van der Waals surface area contributed by atoms with Gasteiger partial charge < -0.3 is 5.32 Å². The Labute approximate surface area is 102 Å². The van der Waals surface area contributed by atoms with Gasteiger partial charge in [-0.3, -0.25) is 0 Å². The van der Waals surface area contributed by atoms with Crippen molar-refractivity contribution in [2.75, 3.05) is 12.3 Å². The molecule has 16 heavy (non-hydrogen) atoms. The minimum atomic E-state index is -0.146. The van der Waals surface area contributed by atoms with Crippen LogP contribution >= 0.6 is 11.8 Å². The van der Waals surface area contributed by atoms with E-state index in [0.717, 1.165) is 24.4 Å².